The highest BCUT2D eigenvalue weighted by molar-refractivity contribution is 5.45. The van der Waals surface area contributed by atoms with Gasteiger partial charge in [0, 0.05) is 35.0 Å². The summed E-state index contributed by atoms with van der Waals surface area (Å²) in [5, 5.41) is 0. The number of benzene rings is 5. The Hall–Kier alpha value is -4.30. The van der Waals surface area contributed by atoms with E-state index in [1.165, 1.54) is 44.5 Å². The lowest BCUT2D eigenvalue weighted by molar-refractivity contribution is 0.884. The van der Waals surface area contributed by atoms with Gasteiger partial charge in [-0.1, -0.05) is 125 Å². The molecule has 2 nitrogen and oxygen atoms in total. The lowest BCUT2D eigenvalue weighted by atomic mass is 9.86. The predicted octanol–water partition coefficient (Wildman–Crippen LogP) is 9.46. The second-order valence-corrected chi connectivity index (χ2v) is 11.2. The van der Waals surface area contributed by atoms with Crippen LogP contribution < -0.4 is 11.5 Å². The summed E-state index contributed by atoms with van der Waals surface area (Å²) in [4.78, 5) is 0. The predicted molar refractivity (Wildman–Crippen MR) is 171 cm³/mol. The molecule has 0 saturated carbocycles. The zero-order chi connectivity index (χ0) is 28.2. The van der Waals surface area contributed by atoms with E-state index >= 15 is 0 Å². The molecule has 0 aliphatic rings. The van der Waals surface area contributed by atoms with Gasteiger partial charge in [-0.25, -0.2) is 0 Å². The quantitative estimate of drug-likeness (QED) is 0.199. The third-order valence-corrected chi connectivity index (χ3v) is 8.68. The second-order valence-electron chi connectivity index (χ2n) is 11.2. The van der Waals surface area contributed by atoms with Gasteiger partial charge in [-0.2, -0.15) is 0 Å². The van der Waals surface area contributed by atoms with Crippen LogP contribution in [0.25, 0.3) is 0 Å². The van der Waals surface area contributed by atoms with Crippen molar-refractivity contribution in [2.75, 3.05) is 11.5 Å². The van der Waals surface area contributed by atoms with Crippen LogP contribution in [0.5, 0.6) is 0 Å². The first-order valence-corrected chi connectivity index (χ1v) is 14.3. The fourth-order valence-corrected chi connectivity index (χ4v) is 5.56. The molecule has 0 heterocycles. The van der Waals surface area contributed by atoms with Gasteiger partial charge in [0.1, 0.15) is 0 Å². The van der Waals surface area contributed by atoms with E-state index in [-0.39, 0.29) is 0 Å². The first-order chi connectivity index (χ1) is 19.3. The molecule has 0 fully saturated rings. The van der Waals surface area contributed by atoms with E-state index in [2.05, 4.69) is 125 Å². The molecular weight excluding hydrogens is 484 g/mol. The van der Waals surface area contributed by atoms with E-state index in [0.29, 0.717) is 23.7 Å². The molecule has 0 saturated heterocycles. The van der Waals surface area contributed by atoms with Crippen LogP contribution in [0, 0.1) is 0 Å². The van der Waals surface area contributed by atoms with E-state index in [4.69, 9.17) is 11.5 Å². The van der Waals surface area contributed by atoms with Crippen LogP contribution in [0.1, 0.15) is 95.9 Å². The SMILES string of the molecule is CC(c1ccc(N)cc1)c1ccc(C(C)c2ccc(C(C)c3ccc(C(C)c4ccc(N)cc4)cc3)cc2)cc1. The van der Waals surface area contributed by atoms with Gasteiger partial charge in [0.25, 0.3) is 0 Å². The molecule has 4 atom stereocenters. The maximum absolute atomic E-state index is 5.86. The minimum Gasteiger partial charge on any atom is -0.399 e. The van der Waals surface area contributed by atoms with Crippen LogP contribution >= 0.6 is 0 Å². The van der Waals surface area contributed by atoms with E-state index < -0.39 is 0 Å². The number of nitrogen functional groups attached to an aromatic ring is 2. The van der Waals surface area contributed by atoms with Gasteiger partial charge in [-0.05, 0) is 68.8 Å². The molecule has 0 bridgehead atoms. The second kappa shape index (κ2) is 11.8. The lowest BCUT2D eigenvalue weighted by Crippen LogP contribution is -2.01. The number of nitrogens with two attached hydrogens (primary N) is 2. The average Bonchev–Trinajstić information content (AvgIpc) is 3.00. The summed E-state index contributed by atoms with van der Waals surface area (Å²) in [6, 6.07) is 43.7. The van der Waals surface area contributed by atoms with Gasteiger partial charge in [-0.3, -0.25) is 0 Å². The Balaban J connectivity index is 1.24. The topological polar surface area (TPSA) is 52.0 Å². The summed E-state index contributed by atoms with van der Waals surface area (Å²) >= 11 is 0. The van der Waals surface area contributed by atoms with Crippen LogP contribution in [0.15, 0.2) is 121 Å². The van der Waals surface area contributed by atoms with Crippen molar-refractivity contribution in [1.29, 1.82) is 0 Å². The maximum Gasteiger partial charge on any atom is 0.0314 e. The first kappa shape index (κ1) is 27.3. The van der Waals surface area contributed by atoms with Crippen LogP contribution in [0.2, 0.25) is 0 Å². The summed E-state index contributed by atoms with van der Waals surface area (Å²) in [5.74, 6) is 1.33. The third-order valence-electron chi connectivity index (χ3n) is 8.68. The van der Waals surface area contributed by atoms with Crippen LogP contribution in [-0.4, -0.2) is 0 Å². The Labute approximate surface area is 239 Å². The molecule has 40 heavy (non-hydrogen) atoms. The standard InChI is InChI=1S/C38H40N2/c1-25(31-9-13-33(14-10-31)27(3)35-17-21-37(39)22-18-35)29-5-7-30(8-6-29)26(2)32-11-15-34(16-12-32)28(4)36-19-23-38(40)24-20-36/h5-28H,39-40H2,1-4H3. The van der Waals surface area contributed by atoms with Crippen molar-refractivity contribution in [3.63, 3.8) is 0 Å². The molecule has 2 heteroatoms. The van der Waals surface area contributed by atoms with E-state index in [1.54, 1.807) is 0 Å². The van der Waals surface area contributed by atoms with Gasteiger partial charge < -0.3 is 11.5 Å². The third kappa shape index (κ3) is 5.97. The first-order valence-electron chi connectivity index (χ1n) is 14.3. The fourth-order valence-electron chi connectivity index (χ4n) is 5.56. The Morgan fingerprint density at radius 1 is 0.275 bits per heavy atom. The molecule has 5 aromatic carbocycles. The number of rotatable bonds is 8. The molecule has 0 radical (unpaired) electrons. The normalized spacial score (nSPS) is 14.3. The van der Waals surface area contributed by atoms with Gasteiger partial charge in [0.15, 0.2) is 0 Å². The van der Waals surface area contributed by atoms with Crippen molar-refractivity contribution in [3.8, 4) is 0 Å². The smallest absolute Gasteiger partial charge is 0.0314 e. The molecule has 4 unspecified atom stereocenters. The minimum absolute atomic E-state index is 0.333. The van der Waals surface area contributed by atoms with Gasteiger partial charge in [0.05, 0.1) is 0 Å². The van der Waals surface area contributed by atoms with Crippen molar-refractivity contribution in [1.82, 2.24) is 0 Å². The number of hydrogen-bond acceptors (Lipinski definition) is 2. The summed E-state index contributed by atoms with van der Waals surface area (Å²) in [5.41, 5.74) is 23.9. The monoisotopic (exact) mass is 524 g/mol. The van der Waals surface area contributed by atoms with E-state index in [0.717, 1.165) is 11.4 Å². The average molecular weight is 525 g/mol. The zero-order valence-electron chi connectivity index (χ0n) is 24.0. The molecule has 0 amide bonds. The van der Waals surface area contributed by atoms with Crippen molar-refractivity contribution in [2.45, 2.75) is 51.4 Å². The number of anilines is 2. The summed E-state index contributed by atoms with van der Waals surface area (Å²) in [7, 11) is 0. The molecule has 4 N–H and O–H groups in total. The highest BCUT2D eigenvalue weighted by Crippen LogP contribution is 2.32. The Bertz CT molecular complexity index is 1390. The van der Waals surface area contributed by atoms with E-state index in [9.17, 15) is 0 Å². The van der Waals surface area contributed by atoms with E-state index in [1.807, 2.05) is 24.3 Å². The van der Waals surface area contributed by atoms with Crippen LogP contribution in [0.4, 0.5) is 11.4 Å². The molecule has 0 aromatic heterocycles. The largest absolute Gasteiger partial charge is 0.399 e. The van der Waals surface area contributed by atoms with Crippen molar-refractivity contribution in [3.05, 3.63) is 166 Å². The minimum atomic E-state index is 0.333. The highest BCUT2D eigenvalue weighted by atomic mass is 14.5. The summed E-state index contributed by atoms with van der Waals surface area (Å²) in [6.45, 7) is 9.07. The number of hydrogen-bond donors (Lipinski definition) is 2. The highest BCUT2D eigenvalue weighted by Gasteiger charge is 2.15. The molecular formula is C38H40N2. The summed E-state index contributed by atoms with van der Waals surface area (Å²) < 4.78 is 0. The molecule has 5 rings (SSSR count). The molecule has 5 aromatic rings. The zero-order valence-corrected chi connectivity index (χ0v) is 24.0. The molecule has 0 aliphatic heterocycles. The van der Waals surface area contributed by atoms with Crippen molar-refractivity contribution >= 4 is 11.4 Å². The Morgan fingerprint density at radius 2 is 0.400 bits per heavy atom. The van der Waals surface area contributed by atoms with Gasteiger partial charge in [0.2, 0.25) is 0 Å². The van der Waals surface area contributed by atoms with Crippen molar-refractivity contribution in [2.24, 2.45) is 0 Å². The lowest BCUT2D eigenvalue weighted by Gasteiger charge is -2.18. The van der Waals surface area contributed by atoms with Gasteiger partial charge in [-0.15, -0.1) is 0 Å². The maximum atomic E-state index is 5.86. The molecule has 0 spiro atoms. The Morgan fingerprint density at radius 3 is 0.550 bits per heavy atom. The van der Waals surface area contributed by atoms with Crippen LogP contribution in [0.3, 0.4) is 0 Å². The molecule has 202 valence electrons. The summed E-state index contributed by atoms with van der Waals surface area (Å²) in [6.07, 6.45) is 0. The molecule has 0 aliphatic carbocycles. The van der Waals surface area contributed by atoms with Gasteiger partial charge >= 0.3 is 0 Å². The van der Waals surface area contributed by atoms with Crippen molar-refractivity contribution < 1.29 is 0 Å². The van der Waals surface area contributed by atoms with Crippen LogP contribution in [-0.2, 0) is 0 Å². The fraction of sp³-hybridized carbons (Fsp3) is 0.211. The Kier molecular flexibility index (Phi) is 8.07.